The van der Waals surface area contributed by atoms with E-state index in [0.29, 0.717) is 28.9 Å². The highest BCUT2D eigenvalue weighted by Gasteiger charge is 2.41. The normalized spacial score (nSPS) is 25.3. The summed E-state index contributed by atoms with van der Waals surface area (Å²) in [6.07, 6.45) is 11.5. The first-order valence-electron chi connectivity index (χ1n) is 13.7. The molecule has 5 rings (SSSR count). The van der Waals surface area contributed by atoms with Gasteiger partial charge in [0.2, 0.25) is 0 Å². The number of rotatable bonds is 3. The molecule has 3 aliphatic rings. The Labute approximate surface area is 215 Å². The zero-order valence-corrected chi connectivity index (χ0v) is 22.5. The van der Waals surface area contributed by atoms with E-state index in [1.165, 1.54) is 38.8 Å². The van der Waals surface area contributed by atoms with Crippen molar-refractivity contribution in [3.05, 3.63) is 18.3 Å². The van der Waals surface area contributed by atoms with Crippen LogP contribution in [0.25, 0.3) is 10.9 Å². The molecule has 2 aromatic rings. The summed E-state index contributed by atoms with van der Waals surface area (Å²) in [7, 11) is 1.64. The molecule has 2 aliphatic heterocycles. The van der Waals surface area contributed by atoms with Gasteiger partial charge in [0, 0.05) is 36.8 Å². The molecule has 1 aromatic heterocycles. The summed E-state index contributed by atoms with van der Waals surface area (Å²) in [6, 6.07) is 5.04. The molecule has 0 unspecified atom stereocenters. The number of likely N-dealkylation sites (tertiary alicyclic amines) is 2. The number of hydrogen-bond donors (Lipinski definition) is 1. The van der Waals surface area contributed by atoms with Gasteiger partial charge < -0.3 is 25.0 Å². The second-order valence-corrected chi connectivity index (χ2v) is 12.2. The molecule has 3 fully saturated rings. The molecule has 36 heavy (non-hydrogen) atoms. The lowest BCUT2D eigenvalue weighted by molar-refractivity contribution is -0.0101. The van der Waals surface area contributed by atoms with Crippen LogP contribution in [-0.2, 0) is 4.74 Å². The van der Waals surface area contributed by atoms with Gasteiger partial charge in [-0.1, -0.05) is 0 Å². The third-order valence-electron chi connectivity index (χ3n) is 8.76. The fourth-order valence-corrected chi connectivity index (χ4v) is 6.49. The number of carbonyl (C=O) groups is 1. The van der Waals surface area contributed by atoms with Crippen molar-refractivity contribution in [2.24, 2.45) is 5.41 Å². The number of carbonyl (C=O) groups excluding carboxylic acids is 1. The number of nitrogens with zero attached hydrogens (tertiary/aromatic N) is 4. The first-order valence-corrected chi connectivity index (χ1v) is 13.7. The van der Waals surface area contributed by atoms with Gasteiger partial charge in [0.15, 0.2) is 0 Å². The van der Waals surface area contributed by atoms with Crippen molar-refractivity contribution in [2.75, 3.05) is 39.0 Å². The highest BCUT2D eigenvalue weighted by atomic mass is 16.6. The summed E-state index contributed by atoms with van der Waals surface area (Å²) in [5.41, 5.74) is 7.67. The molecule has 0 atom stereocenters. The highest BCUT2D eigenvalue weighted by molar-refractivity contribution is 5.84. The molecule has 1 amide bonds. The summed E-state index contributed by atoms with van der Waals surface area (Å²) in [6.45, 7) is 9.84. The van der Waals surface area contributed by atoms with Crippen molar-refractivity contribution in [1.29, 1.82) is 0 Å². The lowest BCUT2D eigenvalue weighted by atomic mass is 9.71. The van der Waals surface area contributed by atoms with Gasteiger partial charge in [0.25, 0.3) is 0 Å². The van der Waals surface area contributed by atoms with E-state index in [4.69, 9.17) is 20.3 Å². The zero-order valence-electron chi connectivity index (χ0n) is 22.5. The molecule has 2 saturated heterocycles. The van der Waals surface area contributed by atoms with Crippen LogP contribution in [-0.4, -0.2) is 70.6 Å². The fourth-order valence-electron chi connectivity index (χ4n) is 6.49. The average molecular weight is 498 g/mol. The predicted octanol–water partition coefficient (Wildman–Crippen LogP) is 5.22. The molecular weight excluding hydrogens is 454 g/mol. The third-order valence-corrected chi connectivity index (χ3v) is 8.76. The smallest absolute Gasteiger partial charge is 0.410 e. The van der Waals surface area contributed by atoms with E-state index in [1.54, 1.807) is 7.11 Å². The number of fused-ring (bicyclic) bond motifs is 1. The molecule has 8 nitrogen and oxygen atoms in total. The Balaban J connectivity index is 1.10. The van der Waals surface area contributed by atoms with Crippen molar-refractivity contribution in [2.45, 2.75) is 89.8 Å². The second-order valence-electron chi connectivity index (χ2n) is 12.2. The first-order chi connectivity index (χ1) is 17.1. The monoisotopic (exact) mass is 497 g/mol. The Morgan fingerprint density at radius 3 is 2.22 bits per heavy atom. The van der Waals surface area contributed by atoms with E-state index in [0.717, 1.165) is 49.7 Å². The molecule has 1 spiro atoms. The van der Waals surface area contributed by atoms with Crippen LogP contribution in [0.3, 0.4) is 0 Å². The minimum atomic E-state index is -0.428. The Kier molecular flexibility index (Phi) is 6.83. The highest BCUT2D eigenvalue weighted by Crippen LogP contribution is 2.43. The number of nitrogen functional groups attached to an aromatic ring is 1. The van der Waals surface area contributed by atoms with Crippen molar-refractivity contribution < 1.29 is 14.3 Å². The van der Waals surface area contributed by atoms with Crippen LogP contribution in [0.4, 0.5) is 10.5 Å². The van der Waals surface area contributed by atoms with Gasteiger partial charge in [0.05, 0.1) is 24.4 Å². The largest absolute Gasteiger partial charge is 0.495 e. The number of nitrogens with two attached hydrogens (primary N) is 1. The van der Waals surface area contributed by atoms with E-state index in [-0.39, 0.29) is 6.09 Å². The van der Waals surface area contributed by atoms with Crippen LogP contribution in [0.15, 0.2) is 18.3 Å². The van der Waals surface area contributed by atoms with Crippen molar-refractivity contribution >= 4 is 22.7 Å². The van der Waals surface area contributed by atoms with Gasteiger partial charge in [-0.15, -0.1) is 0 Å². The zero-order chi connectivity index (χ0) is 25.5. The molecule has 2 N–H and O–H groups in total. The topological polar surface area (TPSA) is 85.8 Å². The Morgan fingerprint density at radius 2 is 1.61 bits per heavy atom. The molecular formula is C28H43N5O3. The van der Waals surface area contributed by atoms with Crippen LogP contribution >= 0.6 is 0 Å². The number of amides is 1. The van der Waals surface area contributed by atoms with E-state index in [1.807, 2.05) is 37.8 Å². The first kappa shape index (κ1) is 25.2. The molecule has 198 valence electrons. The minimum Gasteiger partial charge on any atom is -0.495 e. The summed E-state index contributed by atoms with van der Waals surface area (Å²) >= 11 is 0. The Hall–Kier alpha value is -2.48. The number of anilines is 1. The minimum absolute atomic E-state index is 0.153. The van der Waals surface area contributed by atoms with Crippen molar-refractivity contribution in [3.8, 4) is 5.75 Å². The maximum absolute atomic E-state index is 12.4. The second kappa shape index (κ2) is 9.77. The third kappa shape index (κ3) is 5.29. The maximum atomic E-state index is 12.4. The molecule has 3 heterocycles. The summed E-state index contributed by atoms with van der Waals surface area (Å²) in [4.78, 5) is 17.1. The van der Waals surface area contributed by atoms with E-state index in [9.17, 15) is 4.79 Å². The van der Waals surface area contributed by atoms with Gasteiger partial charge in [-0.25, -0.2) is 4.79 Å². The van der Waals surface area contributed by atoms with E-state index < -0.39 is 5.60 Å². The molecule has 8 heteroatoms. The lowest BCUT2D eigenvalue weighted by Gasteiger charge is -2.49. The molecule has 0 bridgehead atoms. The Morgan fingerprint density at radius 1 is 1.00 bits per heavy atom. The maximum Gasteiger partial charge on any atom is 0.410 e. The SMILES string of the molecule is COc1cc2nn(C3CCC(N4CCC5(CCN(C(=O)OC(C)(C)C)CC5)CC4)CC3)cc2cc1N. The number of benzene rings is 1. The molecule has 1 aromatic carbocycles. The van der Waals surface area contributed by atoms with Gasteiger partial charge >= 0.3 is 6.09 Å². The summed E-state index contributed by atoms with van der Waals surface area (Å²) in [5.74, 6) is 0.690. The predicted molar refractivity (Wildman–Crippen MR) is 142 cm³/mol. The number of methoxy groups -OCH3 is 1. The number of aromatic nitrogens is 2. The number of piperidine rings is 2. The van der Waals surface area contributed by atoms with E-state index in [2.05, 4.69) is 15.8 Å². The number of ether oxygens (including phenoxy) is 2. The average Bonchev–Trinajstić information content (AvgIpc) is 3.26. The van der Waals surface area contributed by atoms with Crippen LogP contribution in [0.1, 0.15) is 78.2 Å². The lowest BCUT2D eigenvalue weighted by Crippen LogP contribution is -2.51. The quantitative estimate of drug-likeness (QED) is 0.585. The summed E-state index contributed by atoms with van der Waals surface area (Å²) in [5, 5.41) is 5.93. The van der Waals surface area contributed by atoms with E-state index >= 15 is 0 Å². The van der Waals surface area contributed by atoms with Gasteiger partial charge in [-0.05, 0) is 96.7 Å². The van der Waals surface area contributed by atoms with Gasteiger partial charge in [-0.2, -0.15) is 5.10 Å². The van der Waals surface area contributed by atoms with Gasteiger partial charge in [0.1, 0.15) is 11.4 Å². The van der Waals surface area contributed by atoms with Crippen LogP contribution < -0.4 is 10.5 Å². The Bertz CT molecular complexity index is 1060. The molecule has 1 saturated carbocycles. The van der Waals surface area contributed by atoms with Crippen molar-refractivity contribution in [1.82, 2.24) is 19.6 Å². The van der Waals surface area contributed by atoms with Crippen LogP contribution in [0.2, 0.25) is 0 Å². The molecule has 0 radical (unpaired) electrons. The molecule has 1 aliphatic carbocycles. The standard InChI is InChI=1S/C28H43N5O3/c1-27(2,3)36-26(34)32-15-11-28(12-16-32)9-13-31(14-10-28)21-5-7-22(8-6-21)33-19-20-17-23(29)25(35-4)18-24(20)30-33/h17-19,21-22H,5-16,29H2,1-4H3. The number of hydrogen-bond acceptors (Lipinski definition) is 6. The van der Waals surface area contributed by atoms with Crippen LogP contribution in [0.5, 0.6) is 5.75 Å². The van der Waals surface area contributed by atoms with Crippen molar-refractivity contribution in [3.63, 3.8) is 0 Å². The van der Waals surface area contributed by atoms with Crippen LogP contribution in [0, 0.1) is 5.41 Å². The van der Waals surface area contributed by atoms with Gasteiger partial charge in [-0.3, -0.25) is 4.68 Å². The summed E-state index contributed by atoms with van der Waals surface area (Å²) < 4.78 is 13.1. The fraction of sp³-hybridized carbons (Fsp3) is 0.714.